The summed E-state index contributed by atoms with van der Waals surface area (Å²) in [6.07, 6.45) is 3.63. The third-order valence-corrected chi connectivity index (χ3v) is 4.87. The summed E-state index contributed by atoms with van der Waals surface area (Å²) in [6.45, 7) is 5.60. The normalized spacial score (nSPS) is 11.7. The number of fused-ring (bicyclic) bond motifs is 1. The van der Waals surface area contributed by atoms with Crippen LogP contribution in [0.25, 0.3) is 33.2 Å². The lowest BCUT2D eigenvalue weighted by atomic mass is 10.0. The smallest absolute Gasteiger partial charge is 0.355 e. The van der Waals surface area contributed by atoms with Gasteiger partial charge in [-0.25, -0.2) is 4.79 Å². The lowest BCUT2D eigenvalue weighted by Crippen LogP contribution is -2.24. The van der Waals surface area contributed by atoms with Crippen LogP contribution < -0.4 is 0 Å². The first-order valence-electron chi connectivity index (χ1n) is 8.74. The van der Waals surface area contributed by atoms with Crippen LogP contribution in [0.3, 0.4) is 0 Å². The molecule has 4 rings (SSSR count). The number of rotatable bonds is 3. The molecule has 1 N–H and O–H groups in total. The second-order valence-electron chi connectivity index (χ2n) is 7.40. The molecule has 0 amide bonds. The number of H-pyrrole nitrogens is 1. The Morgan fingerprint density at radius 2 is 1.85 bits per heavy atom. The molecule has 0 fully saturated rings. The van der Waals surface area contributed by atoms with Crippen molar-refractivity contribution in [3.05, 3.63) is 65.2 Å². The van der Waals surface area contributed by atoms with Crippen molar-refractivity contribution in [2.45, 2.75) is 26.4 Å². The van der Waals surface area contributed by atoms with Gasteiger partial charge in [0.2, 0.25) is 0 Å². The third kappa shape index (κ3) is 3.51. The number of para-hydroxylation sites is 1. The van der Waals surface area contributed by atoms with Crippen molar-refractivity contribution in [3.63, 3.8) is 0 Å². The molecular formula is C22H20N2O2S. The maximum Gasteiger partial charge on any atom is 0.355 e. The average Bonchev–Trinajstić information content (AvgIpc) is 3.28. The number of aromatic nitrogens is 2. The Morgan fingerprint density at radius 1 is 1.07 bits per heavy atom. The minimum Gasteiger partial charge on any atom is -0.455 e. The van der Waals surface area contributed by atoms with E-state index in [9.17, 15) is 4.79 Å². The van der Waals surface area contributed by atoms with Crippen molar-refractivity contribution in [2.75, 3.05) is 0 Å². The van der Waals surface area contributed by atoms with E-state index in [-0.39, 0.29) is 5.97 Å². The Kier molecular flexibility index (Phi) is 4.32. The minimum atomic E-state index is -0.567. The van der Waals surface area contributed by atoms with Crippen LogP contribution in [-0.4, -0.2) is 21.5 Å². The lowest BCUT2D eigenvalue weighted by molar-refractivity contribution is 0.00648. The Labute approximate surface area is 161 Å². The number of pyridine rings is 1. The first-order valence-corrected chi connectivity index (χ1v) is 9.69. The molecule has 0 radical (unpaired) electrons. The molecule has 3 aromatic heterocycles. The van der Waals surface area contributed by atoms with Crippen LogP contribution in [0.15, 0.2) is 59.6 Å². The molecule has 0 aliphatic rings. The van der Waals surface area contributed by atoms with Crippen LogP contribution in [0.5, 0.6) is 0 Å². The fourth-order valence-electron chi connectivity index (χ4n) is 3.09. The average molecular weight is 376 g/mol. The standard InChI is InChI=1S/C22H20N2O2S/c1-22(2,3)26-21(25)20-19(17-6-4-5-7-18(17)24-20)16-10-15(11-23-12-16)14-8-9-27-13-14/h4-13,24H,1-3H3. The molecule has 136 valence electrons. The van der Waals surface area contributed by atoms with Crippen LogP contribution in [0.1, 0.15) is 31.3 Å². The van der Waals surface area contributed by atoms with E-state index in [1.807, 2.05) is 56.6 Å². The maximum absolute atomic E-state index is 12.9. The summed E-state index contributed by atoms with van der Waals surface area (Å²) in [4.78, 5) is 20.5. The number of nitrogens with one attached hydrogen (secondary N) is 1. The lowest BCUT2D eigenvalue weighted by Gasteiger charge is -2.19. The Morgan fingerprint density at radius 3 is 2.59 bits per heavy atom. The number of esters is 1. The van der Waals surface area contributed by atoms with Crippen LogP contribution in [-0.2, 0) is 4.74 Å². The summed E-state index contributed by atoms with van der Waals surface area (Å²) in [5.74, 6) is -0.366. The molecule has 0 spiro atoms. The number of thiophene rings is 1. The highest BCUT2D eigenvalue weighted by molar-refractivity contribution is 7.08. The minimum absolute atomic E-state index is 0.366. The number of benzene rings is 1. The highest BCUT2D eigenvalue weighted by Crippen LogP contribution is 2.35. The first-order chi connectivity index (χ1) is 12.9. The van der Waals surface area contributed by atoms with Crippen molar-refractivity contribution in [2.24, 2.45) is 0 Å². The first kappa shape index (κ1) is 17.5. The predicted octanol–water partition coefficient (Wildman–Crippen LogP) is 5.91. The molecular weight excluding hydrogens is 356 g/mol. The van der Waals surface area contributed by atoms with Gasteiger partial charge in [-0.15, -0.1) is 0 Å². The van der Waals surface area contributed by atoms with Gasteiger partial charge in [-0.1, -0.05) is 18.2 Å². The molecule has 0 aliphatic heterocycles. The fourth-order valence-corrected chi connectivity index (χ4v) is 3.75. The van der Waals surface area contributed by atoms with Gasteiger partial charge in [-0.2, -0.15) is 11.3 Å². The van der Waals surface area contributed by atoms with Crippen molar-refractivity contribution < 1.29 is 9.53 Å². The number of carbonyl (C=O) groups excluding carboxylic acids is 1. The van der Waals surface area contributed by atoms with Crippen molar-refractivity contribution in [3.8, 4) is 22.3 Å². The highest BCUT2D eigenvalue weighted by atomic mass is 32.1. The molecule has 0 aliphatic carbocycles. The largest absolute Gasteiger partial charge is 0.455 e. The Hall–Kier alpha value is -2.92. The molecule has 1 aromatic carbocycles. The summed E-state index contributed by atoms with van der Waals surface area (Å²) in [5.41, 5.74) is 4.64. The van der Waals surface area contributed by atoms with E-state index in [2.05, 4.69) is 27.5 Å². The van der Waals surface area contributed by atoms with Gasteiger partial charge >= 0.3 is 5.97 Å². The summed E-state index contributed by atoms with van der Waals surface area (Å²) in [7, 11) is 0. The number of nitrogens with zero attached hydrogens (tertiary/aromatic N) is 1. The monoisotopic (exact) mass is 376 g/mol. The zero-order valence-corrected chi connectivity index (χ0v) is 16.3. The van der Waals surface area contributed by atoms with Crippen LogP contribution in [0.2, 0.25) is 0 Å². The zero-order chi connectivity index (χ0) is 19.0. The zero-order valence-electron chi connectivity index (χ0n) is 15.4. The van der Waals surface area contributed by atoms with Crippen molar-refractivity contribution >= 4 is 28.2 Å². The van der Waals surface area contributed by atoms with Gasteiger partial charge in [0.15, 0.2) is 0 Å². The SMILES string of the molecule is CC(C)(C)OC(=O)c1[nH]c2ccccc2c1-c1cncc(-c2ccsc2)c1. The number of aromatic amines is 1. The van der Waals surface area contributed by atoms with E-state index in [0.717, 1.165) is 33.2 Å². The number of hydrogen-bond acceptors (Lipinski definition) is 4. The van der Waals surface area contributed by atoms with E-state index in [0.29, 0.717) is 5.69 Å². The quantitative estimate of drug-likeness (QED) is 0.452. The van der Waals surface area contributed by atoms with Crippen LogP contribution in [0.4, 0.5) is 0 Å². The van der Waals surface area contributed by atoms with Crippen LogP contribution >= 0.6 is 11.3 Å². The molecule has 4 nitrogen and oxygen atoms in total. The van der Waals surface area contributed by atoms with Gasteiger partial charge in [0.05, 0.1) is 0 Å². The summed E-state index contributed by atoms with van der Waals surface area (Å²) < 4.78 is 5.63. The molecule has 0 saturated heterocycles. The second-order valence-corrected chi connectivity index (χ2v) is 8.18. The Bertz CT molecular complexity index is 1110. The molecule has 0 unspecified atom stereocenters. The summed E-state index contributed by atoms with van der Waals surface area (Å²) in [5, 5.41) is 5.10. The van der Waals surface area contributed by atoms with Gasteiger partial charge in [0.25, 0.3) is 0 Å². The van der Waals surface area contributed by atoms with E-state index in [1.165, 1.54) is 0 Å². The number of hydrogen-bond donors (Lipinski definition) is 1. The van der Waals surface area contributed by atoms with Crippen LogP contribution in [0, 0.1) is 0 Å². The number of ether oxygens (including phenoxy) is 1. The van der Waals surface area contributed by atoms with Crippen molar-refractivity contribution in [1.82, 2.24) is 9.97 Å². The number of carbonyl (C=O) groups is 1. The van der Waals surface area contributed by atoms with E-state index in [1.54, 1.807) is 17.5 Å². The van der Waals surface area contributed by atoms with Gasteiger partial charge in [0.1, 0.15) is 11.3 Å². The second kappa shape index (κ2) is 6.67. The van der Waals surface area contributed by atoms with Crippen molar-refractivity contribution in [1.29, 1.82) is 0 Å². The fraction of sp³-hybridized carbons (Fsp3) is 0.182. The van der Waals surface area contributed by atoms with Gasteiger partial charge in [0, 0.05) is 40.0 Å². The highest BCUT2D eigenvalue weighted by Gasteiger charge is 2.24. The molecule has 4 aromatic rings. The van der Waals surface area contributed by atoms with Gasteiger partial charge in [-0.05, 0) is 55.3 Å². The van der Waals surface area contributed by atoms with E-state index < -0.39 is 5.60 Å². The molecule has 0 atom stereocenters. The van der Waals surface area contributed by atoms with Gasteiger partial charge in [-0.3, -0.25) is 4.98 Å². The molecule has 0 saturated carbocycles. The summed E-state index contributed by atoms with van der Waals surface area (Å²) in [6, 6.07) is 12.0. The Balaban J connectivity index is 1.89. The molecule has 3 heterocycles. The molecule has 0 bridgehead atoms. The summed E-state index contributed by atoms with van der Waals surface area (Å²) >= 11 is 1.65. The topological polar surface area (TPSA) is 55.0 Å². The predicted molar refractivity (Wildman–Crippen MR) is 110 cm³/mol. The third-order valence-electron chi connectivity index (χ3n) is 4.19. The van der Waals surface area contributed by atoms with E-state index in [4.69, 9.17) is 4.74 Å². The maximum atomic E-state index is 12.9. The van der Waals surface area contributed by atoms with E-state index >= 15 is 0 Å². The van der Waals surface area contributed by atoms with Gasteiger partial charge < -0.3 is 9.72 Å². The molecule has 5 heteroatoms. The molecule has 27 heavy (non-hydrogen) atoms.